The number of rotatable bonds is 1. The summed E-state index contributed by atoms with van der Waals surface area (Å²) in [5.74, 6) is 0. The molecule has 1 saturated heterocycles. The molecule has 2 heterocycles. The van der Waals surface area contributed by atoms with Gasteiger partial charge in [-0.15, -0.1) is 0 Å². The van der Waals surface area contributed by atoms with Crippen molar-refractivity contribution in [3.8, 4) is 0 Å². The lowest BCUT2D eigenvalue weighted by molar-refractivity contribution is 0.643. The fourth-order valence-electron chi connectivity index (χ4n) is 1.23. The number of aromatic nitrogens is 2. The van der Waals surface area contributed by atoms with Crippen molar-refractivity contribution in [1.82, 2.24) is 14.7 Å². The Morgan fingerprint density at radius 1 is 1.70 bits per heavy atom. The van der Waals surface area contributed by atoms with Crippen molar-refractivity contribution in [2.45, 2.75) is 18.9 Å². The van der Waals surface area contributed by atoms with Gasteiger partial charge in [0, 0.05) is 0 Å². The monoisotopic (exact) mass is 155 g/mol. The molecule has 0 unspecified atom stereocenters. The highest BCUT2D eigenvalue weighted by molar-refractivity contribution is 7.05. The van der Waals surface area contributed by atoms with E-state index in [0.29, 0.717) is 6.04 Å². The van der Waals surface area contributed by atoms with Crippen LogP contribution in [0.4, 0.5) is 0 Å². The number of hydrogen-bond donors (Lipinski definition) is 1. The molecular formula is C6H9N3S. The van der Waals surface area contributed by atoms with Crippen molar-refractivity contribution in [2.75, 3.05) is 6.54 Å². The molecule has 0 radical (unpaired) electrons. The first-order valence-electron chi connectivity index (χ1n) is 3.47. The number of hydrogen-bond acceptors (Lipinski definition) is 4. The van der Waals surface area contributed by atoms with E-state index < -0.39 is 0 Å². The average molecular weight is 155 g/mol. The van der Waals surface area contributed by atoms with Crippen LogP contribution < -0.4 is 5.32 Å². The van der Waals surface area contributed by atoms with Crippen LogP contribution in [0.15, 0.2) is 6.33 Å². The summed E-state index contributed by atoms with van der Waals surface area (Å²) in [4.78, 5) is 4.14. The number of nitrogens with zero attached hydrogens (tertiary/aromatic N) is 2. The maximum Gasteiger partial charge on any atom is 0.130 e. The van der Waals surface area contributed by atoms with Crippen LogP contribution in [0.1, 0.15) is 23.9 Å². The largest absolute Gasteiger partial charge is 0.308 e. The normalized spacial score (nSPS) is 25.4. The maximum absolute atomic E-state index is 4.14. The Hall–Kier alpha value is -0.480. The van der Waals surface area contributed by atoms with Gasteiger partial charge in [0.25, 0.3) is 0 Å². The molecule has 1 aliphatic rings. The molecule has 3 nitrogen and oxygen atoms in total. The average Bonchev–Trinajstić information content (AvgIpc) is 2.59. The molecule has 1 atom stereocenters. The van der Waals surface area contributed by atoms with Crippen molar-refractivity contribution >= 4 is 11.5 Å². The van der Waals surface area contributed by atoms with Crippen LogP contribution in [0.5, 0.6) is 0 Å². The molecule has 1 aliphatic heterocycles. The maximum atomic E-state index is 4.14. The third kappa shape index (κ3) is 1.04. The molecule has 0 saturated carbocycles. The molecule has 0 aromatic carbocycles. The Morgan fingerprint density at radius 2 is 2.70 bits per heavy atom. The van der Waals surface area contributed by atoms with Gasteiger partial charge in [-0.2, -0.15) is 4.37 Å². The van der Waals surface area contributed by atoms with E-state index in [4.69, 9.17) is 0 Å². The smallest absolute Gasteiger partial charge is 0.130 e. The third-order valence-corrected chi connectivity index (χ3v) is 2.51. The van der Waals surface area contributed by atoms with Crippen LogP contribution in [0.3, 0.4) is 0 Å². The van der Waals surface area contributed by atoms with Gasteiger partial charge in [0.2, 0.25) is 0 Å². The second kappa shape index (κ2) is 2.64. The molecule has 2 rings (SSSR count). The summed E-state index contributed by atoms with van der Waals surface area (Å²) in [5.41, 5.74) is 0. The van der Waals surface area contributed by atoms with Gasteiger partial charge in [-0.3, -0.25) is 0 Å². The summed E-state index contributed by atoms with van der Waals surface area (Å²) in [7, 11) is 0. The van der Waals surface area contributed by atoms with Crippen LogP contribution in [-0.4, -0.2) is 15.9 Å². The minimum atomic E-state index is 0.493. The summed E-state index contributed by atoms with van der Waals surface area (Å²) in [6, 6.07) is 0.493. The third-order valence-electron chi connectivity index (χ3n) is 1.74. The van der Waals surface area contributed by atoms with Crippen LogP contribution >= 0.6 is 11.5 Å². The second-order valence-electron chi connectivity index (χ2n) is 2.43. The Labute approximate surface area is 63.7 Å². The molecule has 1 fully saturated rings. The highest BCUT2D eigenvalue weighted by Gasteiger charge is 2.18. The highest BCUT2D eigenvalue weighted by Crippen LogP contribution is 2.22. The topological polar surface area (TPSA) is 37.8 Å². The summed E-state index contributed by atoms with van der Waals surface area (Å²) >= 11 is 1.50. The first-order chi connectivity index (χ1) is 4.97. The molecule has 0 amide bonds. The van der Waals surface area contributed by atoms with Gasteiger partial charge < -0.3 is 5.32 Å². The van der Waals surface area contributed by atoms with Gasteiger partial charge in [-0.25, -0.2) is 4.98 Å². The van der Waals surface area contributed by atoms with Crippen molar-refractivity contribution in [3.63, 3.8) is 0 Å². The fraction of sp³-hybridized carbons (Fsp3) is 0.667. The molecule has 10 heavy (non-hydrogen) atoms. The lowest BCUT2D eigenvalue weighted by Gasteiger charge is -2.02. The zero-order chi connectivity index (χ0) is 6.81. The molecule has 1 N–H and O–H groups in total. The minimum Gasteiger partial charge on any atom is -0.308 e. The van der Waals surface area contributed by atoms with Gasteiger partial charge in [-0.05, 0) is 30.9 Å². The molecule has 0 spiro atoms. The van der Waals surface area contributed by atoms with Crippen molar-refractivity contribution in [1.29, 1.82) is 0 Å². The van der Waals surface area contributed by atoms with Crippen molar-refractivity contribution < 1.29 is 0 Å². The Morgan fingerprint density at radius 3 is 3.30 bits per heavy atom. The molecule has 54 valence electrons. The quantitative estimate of drug-likeness (QED) is 0.656. The zero-order valence-corrected chi connectivity index (χ0v) is 6.40. The molecule has 0 aliphatic carbocycles. The van der Waals surface area contributed by atoms with Gasteiger partial charge in [0.1, 0.15) is 11.3 Å². The van der Waals surface area contributed by atoms with Crippen molar-refractivity contribution in [3.05, 3.63) is 11.3 Å². The Kier molecular flexibility index (Phi) is 1.65. The van der Waals surface area contributed by atoms with Gasteiger partial charge >= 0.3 is 0 Å². The Balaban J connectivity index is 2.12. The first-order valence-corrected chi connectivity index (χ1v) is 4.24. The van der Waals surface area contributed by atoms with Crippen LogP contribution in [-0.2, 0) is 0 Å². The lowest BCUT2D eigenvalue weighted by atomic mass is 10.2. The van der Waals surface area contributed by atoms with E-state index in [1.165, 1.54) is 24.4 Å². The van der Waals surface area contributed by atoms with Crippen LogP contribution in [0.2, 0.25) is 0 Å². The van der Waals surface area contributed by atoms with Gasteiger partial charge in [0.15, 0.2) is 0 Å². The van der Waals surface area contributed by atoms with E-state index in [0.717, 1.165) is 11.6 Å². The molecule has 4 heteroatoms. The second-order valence-corrected chi connectivity index (χ2v) is 3.24. The van der Waals surface area contributed by atoms with E-state index >= 15 is 0 Å². The predicted octanol–water partition coefficient (Wildman–Crippen LogP) is 0.963. The van der Waals surface area contributed by atoms with E-state index in [9.17, 15) is 0 Å². The summed E-state index contributed by atoms with van der Waals surface area (Å²) < 4.78 is 3.96. The molecule has 0 bridgehead atoms. The summed E-state index contributed by atoms with van der Waals surface area (Å²) in [6.45, 7) is 1.13. The van der Waals surface area contributed by atoms with Crippen molar-refractivity contribution in [2.24, 2.45) is 0 Å². The van der Waals surface area contributed by atoms with Gasteiger partial charge in [-0.1, -0.05) is 0 Å². The summed E-state index contributed by atoms with van der Waals surface area (Å²) in [6.07, 6.45) is 4.11. The highest BCUT2D eigenvalue weighted by atomic mass is 32.1. The first kappa shape index (κ1) is 6.24. The van der Waals surface area contributed by atoms with Gasteiger partial charge in [0.05, 0.1) is 6.04 Å². The summed E-state index contributed by atoms with van der Waals surface area (Å²) in [5, 5.41) is 4.50. The fourth-order valence-corrected chi connectivity index (χ4v) is 1.86. The molecule has 1 aromatic rings. The predicted molar refractivity (Wildman–Crippen MR) is 39.9 cm³/mol. The minimum absolute atomic E-state index is 0.493. The van der Waals surface area contributed by atoms with E-state index in [1.807, 2.05) is 0 Å². The van der Waals surface area contributed by atoms with E-state index in [2.05, 4.69) is 14.7 Å². The van der Waals surface area contributed by atoms with E-state index in [-0.39, 0.29) is 0 Å². The molecule has 1 aromatic heterocycles. The zero-order valence-electron chi connectivity index (χ0n) is 5.58. The molecular weight excluding hydrogens is 146 g/mol. The number of nitrogens with one attached hydrogen (secondary N) is 1. The van der Waals surface area contributed by atoms with E-state index in [1.54, 1.807) is 6.33 Å². The standard InChI is InChI=1S/C6H9N3S/c1-2-5(7-3-1)6-8-4-9-10-6/h4-5,7H,1-3H2/t5-/m0/s1. The van der Waals surface area contributed by atoms with Crippen LogP contribution in [0, 0.1) is 0 Å². The lowest BCUT2D eigenvalue weighted by Crippen LogP contribution is -2.12. The van der Waals surface area contributed by atoms with Crippen LogP contribution in [0.25, 0.3) is 0 Å². The SMILES string of the molecule is c1nsc([C@@H]2CCCN2)n1. The Bertz CT molecular complexity index is 191.